The van der Waals surface area contributed by atoms with Crippen LogP contribution >= 0.6 is 0 Å². The van der Waals surface area contributed by atoms with Crippen LogP contribution in [-0.2, 0) is 6.54 Å². The maximum atomic E-state index is 5.63. The van der Waals surface area contributed by atoms with Crippen molar-refractivity contribution in [2.45, 2.75) is 26.3 Å². The second-order valence-corrected chi connectivity index (χ2v) is 4.53. The molecule has 0 unspecified atom stereocenters. The van der Waals surface area contributed by atoms with Crippen LogP contribution in [0.2, 0.25) is 0 Å². The molecule has 2 rings (SSSR count). The zero-order valence-electron chi connectivity index (χ0n) is 10.4. The molecule has 1 heterocycles. The van der Waals surface area contributed by atoms with Gasteiger partial charge in [-0.1, -0.05) is 38.1 Å². The third kappa shape index (κ3) is 2.71. The lowest BCUT2D eigenvalue weighted by atomic mass is 10.0. The van der Waals surface area contributed by atoms with Gasteiger partial charge in [-0.15, -0.1) is 0 Å². The van der Waals surface area contributed by atoms with Crippen LogP contribution in [0.4, 0.5) is 0 Å². The Bertz CT molecular complexity index is 487. The molecule has 0 atom stereocenters. The summed E-state index contributed by atoms with van der Waals surface area (Å²) in [5.41, 5.74) is 10.2. The Kier molecular flexibility index (Phi) is 3.55. The van der Waals surface area contributed by atoms with E-state index in [1.807, 2.05) is 18.3 Å². The Balaban J connectivity index is 2.32. The van der Waals surface area contributed by atoms with Crippen molar-refractivity contribution < 1.29 is 0 Å². The molecule has 0 amide bonds. The highest BCUT2D eigenvalue weighted by Gasteiger charge is 2.02. The number of benzene rings is 1. The van der Waals surface area contributed by atoms with E-state index in [1.165, 1.54) is 5.56 Å². The van der Waals surface area contributed by atoms with Crippen LogP contribution in [0.3, 0.4) is 0 Å². The molecular formula is C15H18N2. The molecule has 0 bridgehead atoms. The first-order chi connectivity index (χ1) is 8.20. The van der Waals surface area contributed by atoms with Gasteiger partial charge in [-0.2, -0.15) is 0 Å². The molecule has 0 radical (unpaired) electrons. The van der Waals surface area contributed by atoms with Crippen LogP contribution in [-0.4, -0.2) is 4.98 Å². The summed E-state index contributed by atoms with van der Waals surface area (Å²) < 4.78 is 0. The first-order valence-electron chi connectivity index (χ1n) is 5.96. The van der Waals surface area contributed by atoms with Crippen molar-refractivity contribution in [2.75, 3.05) is 0 Å². The van der Waals surface area contributed by atoms with E-state index >= 15 is 0 Å². The van der Waals surface area contributed by atoms with Gasteiger partial charge in [0.25, 0.3) is 0 Å². The quantitative estimate of drug-likeness (QED) is 0.871. The summed E-state index contributed by atoms with van der Waals surface area (Å²) in [6, 6.07) is 12.6. The summed E-state index contributed by atoms with van der Waals surface area (Å²) in [5.74, 6) is 0.562. The molecule has 0 saturated carbocycles. The molecule has 2 N–H and O–H groups in total. The van der Waals surface area contributed by atoms with E-state index in [0.29, 0.717) is 12.5 Å². The lowest BCUT2D eigenvalue weighted by Crippen LogP contribution is -1.97. The van der Waals surface area contributed by atoms with Gasteiger partial charge in [-0.25, -0.2) is 0 Å². The topological polar surface area (TPSA) is 38.9 Å². The van der Waals surface area contributed by atoms with E-state index < -0.39 is 0 Å². The minimum absolute atomic E-state index is 0.555. The average Bonchev–Trinajstić information content (AvgIpc) is 2.39. The first-order valence-corrected chi connectivity index (χ1v) is 5.96. The first kappa shape index (κ1) is 11.8. The number of nitrogens with zero attached hydrogens (tertiary/aromatic N) is 1. The van der Waals surface area contributed by atoms with E-state index in [4.69, 9.17) is 5.73 Å². The van der Waals surface area contributed by atoms with Crippen molar-refractivity contribution in [1.29, 1.82) is 0 Å². The van der Waals surface area contributed by atoms with Gasteiger partial charge in [0.1, 0.15) is 0 Å². The van der Waals surface area contributed by atoms with Crippen LogP contribution in [0, 0.1) is 0 Å². The van der Waals surface area contributed by atoms with Gasteiger partial charge in [-0.05, 0) is 29.2 Å². The molecule has 1 aromatic carbocycles. The third-order valence-corrected chi connectivity index (χ3v) is 2.93. The number of pyridine rings is 1. The van der Waals surface area contributed by atoms with Crippen LogP contribution in [0.25, 0.3) is 11.3 Å². The Labute approximate surface area is 103 Å². The highest BCUT2D eigenvalue weighted by molar-refractivity contribution is 5.60. The van der Waals surface area contributed by atoms with E-state index in [9.17, 15) is 0 Å². The van der Waals surface area contributed by atoms with Gasteiger partial charge in [0.05, 0.1) is 5.69 Å². The second-order valence-electron chi connectivity index (χ2n) is 4.53. The molecule has 2 nitrogen and oxygen atoms in total. The molecule has 17 heavy (non-hydrogen) atoms. The second kappa shape index (κ2) is 5.11. The number of aromatic nitrogens is 1. The van der Waals surface area contributed by atoms with Crippen LogP contribution in [0.1, 0.15) is 30.9 Å². The standard InChI is InChI=1S/C15H18N2/c1-11(2)13-3-5-14(6-4-13)15-9-12(10-16)7-8-17-15/h3-9,11H,10,16H2,1-2H3. The molecule has 2 heteroatoms. The average molecular weight is 226 g/mol. The Morgan fingerprint density at radius 3 is 2.41 bits per heavy atom. The van der Waals surface area contributed by atoms with Gasteiger partial charge in [0, 0.05) is 18.3 Å². The lowest BCUT2D eigenvalue weighted by molar-refractivity contribution is 0.867. The molecule has 0 aliphatic heterocycles. The number of rotatable bonds is 3. The van der Waals surface area contributed by atoms with E-state index in [-0.39, 0.29) is 0 Å². The lowest BCUT2D eigenvalue weighted by Gasteiger charge is -2.07. The minimum atomic E-state index is 0.555. The zero-order chi connectivity index (χ0) is 12.3. The summed E-state index contributed by atoms with van der Waals surface area (Å²) in [5, 5.41) is 0. The summed E-state index contributed by atoms with van der Waals surface area (Å²) >= 11 is 0. The maximum Gasteiger partial charge on any atom is 0.0705 e. The van der Waals surface area contributed by atoms with Crippen LogP contribution in [0.5, 0.6) is 0 Å². The Morgan fingerprint density at radius 1 is 1.12 bits per heavy atom. The van der Waals surface area contributed by atoms with Gasteiger partial charge in [-0.3, -0.25) is 4.98 Å². The van der Waals surface area contributed by atoms with Crippen molar-refractivity contribution in [3.05, 3.63) is 53.7 Å². The van der Waals surface area contributed by atoms with E-state index in [0.717, 1.165) is 16.8 Å². The minimum Gasteiger partial charge on any atom is -0.326 e. The van der Waals surface area contributed by atoms with E-state index in [2.05, 4.69) is 43.1 Å². The fourth-order valence-electron chi connectivity index (χ4n) is 1.80. The fraction of sp³-hybridized carbons (Fsp3) is 0.267. The number of nitrogens with two attached hydrogens (primary N) is 1. The zero-order valence-corrected chi connectivity index (χ0v) is 10.4. The summed E-state index contributed by atoms with van der Waals surface area (Å²) in [4.78, 5) is 4.38. The predicted octanol–water partition coefficient (Wildman–Crippen LogP) is 3.33. The SMILES string of the molecule is CC(C)c1ccc(-c2cc(CN)ccn2)cc1. The third-order valence-electron chi connectivity index (χ3n) is 2.93. The molecule has 0 spiro atoms. The monoisotopic (exact) mass is 226 g/mol. The normalized spacial score (nSPS) is 10.8. The molecule has 0 aliphatic carbocycles. The molecule has 0 aliphatic rings. The van der Waals surface area contributed by atoms with Crippen molar-refractivity contribution in [2.24, 2.45) is 5.73 Å². The van der Waals surface area contributed by atoms with Crippen LogP contribution < -0.4 is 5.73 Å². The summed E-state index contributed by atoms with van der Waals surface area (Å²) in [6.45, 7) is 4.95. The van der Waals surface area contributed by atoms with Crippen LogP contribution in [0.15, 0.2) is 42.6 Å². The van der Waals surface area contributed by atoms with Gasteiger partial charge in [0.2, 0.25) is 0 Å². The molecular weight excluding hydrogens is 208 g/mol. The molecule has 0 saturated heterocycles. The molecule has 2 aromatic rings. The molecule has 1 aromatic heterocycles. The Morgan fingerprint density at radius 2 is 1.82 bits per heavy atom. The van der Waals surface area contributed by atoms with Crippen molar-refractivity contribution in [1.82, 2.24) is 4.98 Å². The summed E-state index contributed by atoms with van der Waals surface area (Å²) in [7, 11) is 0. The van der Waals surface area contributed by atoms with Crippen molar-refractivity contribution in [3.8, 4) is 11.3 Å². The molecule has 0 fully saturated rings. The molecule has 88 valence electrons. The van der Waals surface area contributed by atoms with Gasteiger partial charge < -0.3 is 5.73 Å². The predicted molar refractivity (Wildman–Crippen MR) is 71.7 cm³/mol. The van der Waals surface area contributed by atoms with Gasteiger partial charge in [0.15, 0.2) is 0 Å². The van der Waals surface area contributed by atoms with Crippen molar-refractivity contribution >= 4 is 0 Å². The highest BCUT2D eigenvalue weighted by atomic mass is 14.7. The highest BCUT2D eigenvalue weighted by Crippen LogP contribution is 2.21. The number of hydrogen-bond acceptors (Lipinski definition) is 2. The van der Waals surface area contributed by atoms with Crippen molar-refractivity contribution in [3.63, 3.8) is 0 Å². The fourth-order valence-corrected chi connectivity index (χ4v) is 1.80. The number of hydrogen-bond donors (Lipinski definition) is 1. The maximum absolute atomic E-state index is 5.63. The Hall–Kier alpha value is -1.67. The summed E-state index contributed by atoms with van der Waals surface area (Å²) in [6.07, 6.45) is 1.81. The van der Waals surface area contributed by atoms with Gasteiger partial charge >= 0.3 is 0 Å². The van der Waals surface area contributed by atoms with E-state index in [1.54, 1.807) is 0 Å². The largest absolute Gasteiger partial charge is 0.326 e. The smallest absolute Gasteiger partial charge is 0.0705 e.